The summed E-state index contributed by atoms with van der Waals surface area (Å²) >= 11 is 1.55. The first-order chi connectivity index (χ1) is 16.3. The second-order valence-electron chi connectivity index (χ2n) is 11.3. The van der Waals surface area contributed by atoms with Crippen LogP contribution >= 0.6 is 11.8 Å². The molecule has 5 rings (SSSR count). The number of allylic oxidation sites excluding steroid dienone is 2. The summed E-state index contributed by atoms with van der Waals surface area (Å²) in [6, 6.07) is 5.99. The highest BCUT2D eigenvalue weighted by Crippen LogP contribution is 2.64. The first-order valence-corrected chi connectivity index (χ1v) is 14.9. The molecule has 6 nitrogen and oxygen atoms in total. The molecule has 4 aliphatic carbocycles. The lowest BCUT2D eigenvalue weighted by Gasteiger charge is -2.57. The molecule has 6 atom stereocenters. The maximum absolute atomic E-state index is 12.5. The Hall–Kier alpha value is -1.64. The van der Waals surface area contributed by atoms with Crippen LogP contribution in [-0.4, -0.2) is 29.2 Å². The van der Waals surface area contributed by atoms with Crippen LogP contribution in [0.5, 0.6) is 0 Å². The van der Waals surface area contributed by atoms with Gasteiger partial charge in [0.2, 0.25) is 0 Å². The fraction of sp³-hybridized carbons (Fsp3) is 0.630. The predicted octanol–water partition coefficient (Wildman–Crippen LogP) is 5.76. The number of aryl methyl sites for hydroxylation is 1. The Kier molecular flexibility index (Phi) is 7.30. The quantitative estimate of drug-likeness (QED) is 0.198. The number of ketones is 1. The van der Waals surface area contributed by atoms with Crippen LogP contribution in [0.2, 0.25) is 0 Å². The molecule has 1 unspecified atom stereocenters. The van der Waals surface area contributed by atoms with Gasteiger partial charge in [-0.15, -0.1) is 0 Å². The van der Waals surface area contributed by atoms with Gasteiger partial charge in [0, 0.05) is 17.1 Å². The van der Waals surface area contributed by atoms with Crippen LogP contribution in [-0.2, 0) is 14.9 Å². The van der Waals surface area contributed by atoms with E-state index in [1.807, 2.05) is 6.92 Å². The van der Waals surface area contributed by atoms with Crippen molar-refractivity contribution in [1.82, 2.24) is 0 Å². The Labute approximate surface area is 213 Å². The molecule has 4 N–H and O–H groups in total. The lowest BCUT2D eigenvalue weighted by molar-refractivity contribution is -0.131. The normalized spacial score (nSPS) is 36.1. The van der Waals surface area contributed by atoms with Gasteiger partial charge >= 0.3 is 0 Å². The van der Waals surface area contributed by atoms with Gasteiger partial charge < -0.3 is 5.73 Å². The van der Waals surface area contributed by atoms with Gasteiger partial charge in [-0.25, -0.2) is 0 Å². The molecule has 192 valence electrons. The summed E-state index contributed by atoms with van der Waals surface area (Å²) in [5.41, 5.74) is 8.49. The van der Waals surface area contributed by atoms with Crippen LogP contribution in [0.3, 0.4) is 0 Å². The predicted molar refractivity (Wildman–Crippen MR) is 141 cm³/mol. The molecule has 1 aromatic carbocycles. The molecule has 0 amide bonds. The number of hydrogen-bond acceptors (Lipinski definition) is 5. The van der Waals surface area contributed by atoms with Gasteiger partial charge in [0.15, 0.2) is 5.17 Å². The van der Waals surface area contributed by atoms with Gasteiger partial charge in [-0.1, -0.05) is 55.0 Å². The molecule has 1 aromatic rings. The van der Waals surface area contributed by atoms with Crippen molar-refractivity contribution in [2.24, 2.45) is 34.3 Å². The first kappa shape index (κ1) is 26.4. The zero-order chi connectivity index (χ0) is 25.6. The number of fused-ring (bicyclic) bond motifs is 5. The molecule has 0 bridgehead atoms. The number of carbonyl (C=O) groups excluding carboxylic acids is 1. The van der Waals surface area contributed by atoms with Crippen LogP contribution in [0.25, 0.3) is 0 Å². The molecule has 0 saturated heterocycles. The molecule has 0 radical (unpaired) electrons. The van der Waals surface area contributed by atoms with Gasteiger partial charge in [-0.05, 0) is 87.2 Å². The maximum atomic E-state index is 12.5. The first-order valence-electron chi connectivity index (χ1n) is 12.6. The molecular weight excluding hydrogens is 480 g/mol. The van der Waals surface area contributed by atoms with E-state index >= 15 is 0 Å². The summed E-state index contributed by atoms with van der Waals surface area (Å²) in [5, 5.41) is 8.31. The van der Waals surface area contributed by atoms with Gasteiger partial charge in [0.05, 0.1) is 4.90 Å². The Balaban J connectivity index is 0.000000221. The molecule has 3 saturated carbocycles. The van der Waals surface area contributed by atoms with Crippen LogP contribution in [0.15, 0.2) is 40.8 Å². The molecule has 8 heteroatoms. The Morgan fingerprint density at radius 3 is 2.34 bits per heavy atom. The second kappa shape index (κ2) is 9.67. The number of amidine groups is 1. The van der Waals surface area contributed by atoms with E-state index in [2.05, 4.69) is 19.9 Å². The fourth-order valence-corrected chi connectivity index (χ4v) is 8.73. The van der Waals surface area contributed by atoms with E-state index in [4.69, 9.17) is 15.7 Å². The minimum absolute atomic E-state index is 0.0233. The summed E-state index contributed by atoms with van der Waals surface area (Å²) in [4.78, 5) is 12.4. The van der Waals surface area contributed by atoms with E-state index in [1.54, 1.807) is 29.5 Å². The highest BCUT2D eigenvalue weighted by atomic mass is 32.2. The molecular formula is C27H38N2O4S2. The Morgan fingerprint density at radius 2 is 1.71 bits per heavy atom. The van der Waals surface area contributed by atoms with Crippen LogP contribution in [0, 0.1) is 40.9 Å². The molecule has 0 heterocycles. The fourth-order valence-electron chi connectivity index (χ4n) is 7.39. The molecule has 0 aliphatic heterocycles. The van der Waals surface area contributed by atoms with E-state index in [1.165, 1.54) is 37.8 Å². The number of benzene rings is 1. The minimum Gasteiger partial charge on any atom is -0.379 e. The maximum Gasteiger partial charge on any atom is 0.294 e. The van der Waals surface area contributed by atoms with Gasteiger partial charge in [-0.2, -0.15) is 8.42 Å². The number of carbonyl (C=O) groups is 1. The average Bonchev–Trinajstić information content (AvgIpc) is 3.08. The third-order valence-corrected chi connectivity index (χ3v) is 11.2. The van der Waals surface area contributed by atoms with Crippen LogP contribution in [0.4, 0.5) is 0 Å². The minimum atomic E-state index is -4.02. The summed E-state index contributed by atoms with van der Waals surface area (Å²) in [6.07, 6.45) is 11.4. The summed E-state index contributed by atoms with van der Waals surface area (Å²) in [6.45, 7) is 6.59. The number of hydrogen-bond donors (Lipinski definition) is 3. The van der Waals surface area contributed by atoms with Crippen molar-refractivity contribution >= 4 is 32.8 Å². The molecule has 0 aromatic heterocycles. The average molecular weight is 519 g/mol. The van der Waals surface area contributed by atoms with Crippen molar-refractivity contribution in [2.75, 3.05) is 0 Å². The van der Waals surface area contributed by atoms with Crippen molar-refractivity contribution in [3.05, 3.63) is 41.5 Å². The lowest BCUT2D eigenvalue weighted by Crippen LogP contribution is -2.50. The van der Waals surface area contributed by atoms with Gasteiger partial charge in [0.1, 0.15) is 5.78 Å². The summed E-state index contributed by atoms with van der Waals surface area (Å²) in [7, 11) is -4.02. The largest absolute Gasteiger partial charge is 0.379 e. The van der Waals surface area contributed by atoms with Crippen molar-refractivity contribution in [2.45, 2.75) is 82.3 Å². The van der Waals surface area contributed by atoms with E-state index in [0.29, 0.717) is 28.3 Å². The van der Waals surface area contributed by atoms with Crippen molar-refractivity contribution < 1.29 is 17.8 Å². The van der Waals surface area contributed by atoms with Crippen molar-refractivity contribution in [1.29, 1.82) is 5.41 Å². The van der Waals surface area contributed by atoms with E-state index in [9.17, 15) is 13.2 Å². The number of nitrogens with two attached hydrogens (primary N) is 1. The van der Waals surface area contributed by atoms with Crippen LogP contribution < -0.4 is 5.73 Å². The molecule has 3 fully saturated rings. The van der Waals surface area contributed by atoms with Crippen molar-refractivity contribution in [3.8, 4) is 0 Å². The van der Waals surface area contributed by atoms with Crippen molar-refractivity contribution in [3.63, 3.8) is 0 Å². The highest BCUT2D eigenvalue weighted by Gasteiger charge is 2.58. The third-order valence-electron chi connectivity index (χ3n) is 9.38. The summed E-state index contributed by atoms with van der Waals surface area (Å²) < 4.78 is 29.6. The number of thioether (sulfide) groups is 1. The summed E-state index contributed by atoms with van der Waals surface area (Å²) in [5.74, 6) is 2.61. The van der Waals surface area contributed by atoms with E-state index in [0.717, 1.165) is 37.2 Å². The number of rotatable bonds is 2. The van der Waals surface area contributed by atoms with Crippen LogP contribution in [0.1, 0.15) is 70.8 Å². The highest BCUT2D eigenvalue weighted by molar-refractivity contribution is 8.14. The Bertz CT molecular complexity index is 1130. The smallest absolute Gasteiger partial charge is 0.294 e. The molecule has 0 spiro atoms. The number of Topliss-reactive ketones (excluding diaryl/α,β-unsaturated/α-hetero) is 1. The number of nitrogens with one attached hydrogen (secondary N) is 1. The SMILES string of the molecule is C[C@]12CCC(SC(=N)N)CC1=CC[C@@H]1[C@@H]2CC[C@]2(C)C(=O)CC[C@@H]12.Cc1ccc(S(=O)(=O)O)cc1. The monoisotopic (exact) mass is 518 g/mol. The zero-order valence-electron chi connectivity index (χ0n) is 20.9. The van der Waals surface area contributed by atoms with E-state index in [-0.39, 0.29) is 15.5 Å². The molecule has 35 heavy (non-hydrogen) atoms. The van der Waals surface area contributed by atoms with Gasteiger partial charge in [-0.3, -0.25) is 14.8 Å². The standard InChI is InChI=1S/C20H30N2OS.C7H8O3S/c1-19-9-7-13(24-18(21)22)11-12(19)3-4-14-15-5-6-17(23)20(15,2)10-8-16(14)19;1-6-2-4-7(5-3-6)11(8,9)10/h3,13-16H,4-11H2,1-2H3,(H3,21,22);2-5H,1H3,(H,8,9,10)/t13?,14-,15-,16-,19-,20-;/m0./s1. The van der Waals surface area contributed by atoms with E-state index < -0.39 is 10.1 Å². The third kappa shape index (κ3) is 5.12. The molecule has 4 aliphatic rings. The second-order valence-corrected chi connectivity index (χ2v) is 14.1. The lowest BCUT2D eigenvalue weighted by atomic mass is 9.48. The topological polar surface area (TPSA) is 121 Å². The Morgan fingerprint density at radius 1 is 1.09 bits per heavy atom. The van der Waals surface area contributed by atoms with Gasteiger partial charge in [0.25, 0.3) is 10.1 Å². The zero-order valence-corrected chi connectivity index (χ0v) is 22.6.